The number of rotatable bonds is 5. The smallest absolute Gasteiger partial charge is 0.224 e. The molecule has 0 spiro atoms. The molecule has 3 rings (SSSR count). The number of anilines is 2. The summed E-state index contributed by atoms with van der Waals surface area (Å²) < 4.78 is 0. The van der Waals surface area contributed by atoms with Gasteiger partial charge in [0, 0.05) is 48.9 Å². The highest BCUT2D eigenvalue weighted by atomic mass is 32.1. The molecule has 122 valence electrons. The molecule has 0 bridgehead atoms. The molecule has 4 nitrogen and oxygen atoms in total. The fourth-order valence-electron chi connectivity index (χ4n) is 2.84. The molecule has 1 aromatic heterocycles. The van der Waals surface area contributed by atoms with E-state index < -0.39 is 0 Å². The summed E-state index contributed by atoms with van der Waals surface area (Å²) in [6, 6.07) is 8.20. The molecule has 1 fully saturated rings. The summed E-state index contributed by atoms with van der Waals surface area (Å²) in [7, 11) is 0. The Balaban J connectivity index is 1.50. The highest BCUT2D eigenvalue weighted by molar-refractivity contribution is 7.09. The molecule has 2 heterocycles. The third-order valence-corrected chi connectivity index (χ3v) is 5.19. The molecule has 1 N–H and O–H groups in total. The predicted octanol–water partition coefficient (Wildman–Crippen LogP) is 3.95. The SMILES string of the molecule is CC1CCN(c2ccc(NC(=O)CCc3nccs3)cc2)CC1. The van der Waals surface area contributed by atoms with Crippen LogP contribution >= 0.6 is 11.3 Å². The Bertz CT molecular complexity index is 616. The number of piperidine rings is 1. The van der Waals surface area contributed by atoms with E-state index in [0.29, 0.717) is 12.8 Å². The first-order chi connectivity index (χ1) is 11.2. The van der Waals surface area contributed by atoms with Gasteiger partial charge < -0.3 is 10.2 Å². The van der Waals surface area contributed by atoms with Crippen molar-refractivity contribution in [2.45, 2.75) is 32.6 Å². The van der Waals surface area contributed by atoms with Crippen LogP contribution < -0.4 is 10.2 Å². The fraction of sp³-hybridized carbons (Fsp3) is 0.444. The summed E-state index contributed by atoms with van der Waals surface area (Å²) in [6.45, 7) is 4.57. The number of benzene rings is 1. The average molecular weight is 329 g/mol. The van der Waals surface area contributed by atoms with E-state index in [4.69, 9.17) is 0 Å². The van der Waals surface area contributed by atoms with E-state index in [1.165, 1.54) is 18.5 Å². The number of aryl methyl sites for hydroxylation is 1. The number of nitrogens with one attached hydrogen (secondary N) is 1. The summed E-state index contributed by atoms with van der Waals surface area (Å²) in [5.74, 6) is 0.877. The third kappa shape index (κ3) is 4.55. The van der Waals surface area contributed by atoms with Gasteiger partial charge in [0.05, 0.1) is 5.01 Å². The van der Waals surface area contributed by atoms with Crippen molar-refractivity contribution in [3.63, 3.8) is 0 Å². The van der Waals surface area contributed by atoms with Gasteiger partial charge in [0.15, 0.2) is 0 Å². The Kier molecular flexibility index (Phi) is 5.28. The highest BCUT2D eigenvalue weighted by Gasteiger charge is 2.15. The quantitative estimate of drug-likeness (QED) is 0.903. The maximum absolute atomic E-state index is 12.0. The molecule has 0 aliphatic carbocycles. The van der Waals surface area contributed by atoms with E-state index in [1.807, 2.05) is 17.5 Å². The number of carbonyl (C=O) groups excluding carboxylic acids is 1. The number of aromatic nitrogens is 1. The van der Waals surface area contributed by atoms with Gasteiger partial charge in [0.1, 0.15) is 0 Å². The van der Waals surface area contributed by atoms with Crippen LogP contribution in [0.25, 0.3) is 0 Å². The summed E-state index contributed by atoms with van der Waals surface area (Å²) in [5.41, 5.74) is 2.11. The summed E-state index contributed by atoms with van der Waals surface area (Å²) in [5, 5.41) is 5.91. The van der Waals surface area contributed by atoms with E-state index in [2.05, 4.69) is 34.3 Å². The second-order valence-corrected chi connectivity index (χ2v) is 7.17. The van der Waals surface area contributed by atoms with Crippen molar-refractivity contribution in [3.8, 4) is 0 Å². The van der Waals surface area contributed by atoms with Crippen LogP contribution in [0.5, 0.6) is 0 Å². The minimum Gasteiger partial charge on any atom is -0.372 e. The van der Waals surface area contributed by atoms with Crippen molar-refractivity contribution < 1.29 is 4.79 Å². The topological polar surface area (TPSA) is 45.2 Å². The zero-order chi connectivity index (χ0) is 16.1. The van der Waals surface area contributed by atoms with Crippen LogP contribution in [-0.4, -0.2) is 24.0 Å². The third-order valence-electron chi connectivity index (χ3n) is 4.35. The molecule has 0 radical (unpaired) electrons. The van der Waals surface area contributed by atoms with Gasteiger partial charge >= 0.3 is 0 Å². The first-order valence-corrected chi connectivity index (χ1v) is 9.12. The molecule has 1 aliphatic rings. The summed E-state index contributed by atoms with van der Waals surface area (Å²) in [6.07, 6.45) is 5.47. The van der Waals surface area contributed by atoms with Gasteiger partial charge in [0.2, 0.25) is 5.91 Å². The van der Waals surface area contributed by atoms with Crippen LogP contribution in [-0.2, 0) is 11.2 Å². The van der Waals surface area contributed by atoms with Gasteiger partial charge in [-0.05, 0) is 43.0 Å². The molecular formula is C18H23N3OS. The molecule has 0 atom stereocenters. The molecule has 23 heavy (non-hydrogen) atoms. The van der Waals surface area contributed by atoms with Gasteiger partial charge in [-0.1, -0.05) is 6.92 Å². The van der Waals surface area contributed by atoms with Crippen LogP contribution in [0.15, 0.2) is 35.8 Å². The number of amides is 1. The average Bonchev–Trinajstić information content (AvgIpc) is 3.08. The molecule has 2 aromatic rings. The molecule has 5 heteroatoms. The van der Waals surface area contributed by atoms with Crippen molar-refractivity contribution >= 4 is 28.6 Å². The Hall–Kier alpha value is -1.88. The Morgan fingerprint density at radius 3 is 2.70 bits per heavy atom. The summed E-state index contributed by atoms with van der Waals surface area (Å²) in [4.78, 5) is 18.6. The normalized spacial score (nSPS) is 15.6. The van der Waals surface area contributed by atoms with Crippen molar-refractivity contribution in [2.24, 2.45) is 5.92 Å². The van der Waals surface area contributed by atoms with E-state index in [0.717, 1.165) is 29.7 Å². The van der Waals surface area contributed by atoms with Crippen LogP contribution in [0.2, 0.25) is 0 Å². The van der Waals surface area contributed by atoms with Crippen LogP contribution in [0, 0.1) is 5.92 Å². The Morgan fingerprint density at radius 2 is 2.04 bits per heavy atom. The number of hydrogen-bond acceptors (Lipinski definition) is 4. The molecule has 1 aliphatic heterocycles. The van der Waals surface area contributed by atoms with Crippen molar-refractivity contribution in [1.82, 2.24) is 4.98 Å². The van der Waals surface area contributed by atoms with Crippen molar-refractivity contribution in [2.75, 3.05) is 23.3 Å². The minimum absolute atomic E-state index is 0.0414. The fourth-order valence-corrected chi connectivity index (χ4v) is 3.46. The maximum Gasteiger partial charge on any atom is 0.224 e. The molecule has 1 saturated heterocycles. The first-order valence-electron chi connectivity index (χ1n) is 8.24. The largest absolute Gasteiger partial charge is 0.372 e. The molecular weight excluding hydrogens is 306 g/mol. The molecule has 1 amide bonds. The van der Waals surface area contributed by atoms with Crippen LogP contribution in [0.1, 0.15) is 31.2 Å². The lowest BCUT2D eigenvalue weighted by Gasteiger charge is -2.32. The zero-order valence-corrected chi connectivity index (χ0v) is 14.3. The van der Waals surface area contributed by atoms with Crippen molar-refractivity contribution in [3.05, 3.63) is 40.8 Å². The van der Waals surface area contributed by atoms with Gasteiger partial charge in [-0.15, -0.1) is 11.3 Å². The number of thiazole rings is 1. The monoisotopic (exact) mass is 329 g/mol. The molecule has 1 aromatic carbocycles. The zero-order valence-electron chi connectivity index (χ0n) is 13.5. The Morgan fingerprint density at radius 1 is 1.30 bits per heavy atom. The highest BCUT2D eigenvalue weighted by Crippen LogP contribution is 2.24. The van der Waals surface area contributed by atoms with Crippen LogP contribution in [0.4, 0.5) is 11.4 Å². The van der Waals surface area contributed by atoms with Crippen LogP contribution in [0.3, 0.4) is 0 Å². The first kappa shape index (κ1) is 16.0. The van der Waals surface area contributed by atoms with E-state index >= 15 is 0 Å². The maximum atomic E-state index is 12.0. The second-order valence-electron chi connectivity index (χ2n) is 6.19. The van der Waals surface area contributed by atoms with Gasteiger partial charge in [-0.3, -0.25) is 4.79 Å². The molecule has 0 unspecified atom stereocenters. The lowest BCUT2D eigenvalue weighted by molar-refractivity contribution is -0.116. The van der Waals surface area contributed by atoms with Crippen molar-refractivity contribution in [1.29, 1.82) is 0 Å². The number of carbonyl (C=O) groups is 1. The lowest BCUT2D eigenvalue weighted by atomic mass is 9.99. The van der Waals surface area contributed by atoms with E-state index in [-0.39, 0.29) is 5.91 Å². The van der Waals surface area contributed by atoms with E-state index in [1.54, 1.807) is 17.5 Å². The van der Waals surface area contributed by atoms with Gasteiger partial charge in [-0.25, -0.2) is 4.98 Å². The van der Waals surface area contributed by atoms with Gasteiger partial charge in [-0.2, -0.15) is 0 Å². The minimum atomic E-state index is 0.0414. The number of nitrogens with zero attached hydrogens (tertiary/aromatic N) is 2. The van der Waals surface area contributed by atoms with E-state index in [9.17, 15) is 4.79 Å². The van der Waals surface area contributed by atoms with Gasteiger partial charge in [0.25, 0.3) is 0 Å². The second kappa shape index (κ2) is 7.59. The lowest BCUT2D eigenvalue weighted by Crippen LogP contribution is -2.32. The standard InChI is InChI=1S/C18H23N3OS/c1-14-8-11-21(12-9-14)16-4-2-15(3-5-16)20-17(22)6-7-18-19-10-13-23-18/h2-5,10,13-14H,6-9,11-12H2,1H3,(H,20,22). The molecule has 0 saturated carbocycles. The summed E-state index contributed by atoms with van der Waals surface area (Å²) >= 11 is 1.59. The number of hydrogen-bond donors (Lipinski definition) is 1. The predicted molar refractivity (Wildman–Crippen MR) is 96.1 cm³/mol. The Labute approximate surface area is 141 Å².